The van der Waals surface area contributed by atoms with Crippen LogP contribution in [-0.4, -0.2) is 244 Å². The summed E-state index contributed by atoms with van der Waals surface area (Å²) in [5.41, 5.74) is -8.45. The molecule has 4 unspecified atom stereocenters. The van der Waals surface area contributed by atoms with Crippen LogP contribution in [0.2, 0.25) is 0 Å². The van der Waals surface area contributed by atoms with Crippen molar-refractivity contribution in [2.45, 2.75) is 277 Å². The molecule has 3 aromatic heterocycles. The molecule has 12 rings (SSSR count). The zero-order valence-electron chi connectivity index (χ0n) is 72.0. The second kappa shape index (κ2) is 41.4. The van der Waals surface area contributed by atoms with Crippen molar-refractivity contribution in [1.29, 1.82) is 0 Å². The molecule has 124 heavy (non-hydrogen) atoms. The van der Waals surface area contributed by atoms with Crippen LogP contribution < -0.4 is 22.6 Å². The Hall–Kier alpha value is -6.68. The fourth-order valence-electron chi connectivity index (χ4n) is 13.7. The lowest BCUT2D eigenvalue weighted by molar-refractivity contribution is -0.157. The van der Waals surface area contributed by atoms with Crippen LogP contribution in [-0.2, 0) is 139 Å². The van der Waals surface area contributed by atoms with Crippen molar-refractivity contribution < 1.29 is 160 Å². The van der Waals surface area contributed by atoms with E-state index in [0.717, 1.165) is 24.7 Å². The molecule has 8 fully saturated rings. The number of aryl methyl sites for hydroxylation is 2. The molecule has 12 heterocycles. The van der Waals surface area contributed by atoms with Crippen LogP contribution in [0, 0.1) is 37.5 Å². The second-order valence-corrected chi connectivity index (χ2v) is 39.4. The molecule has 24 atom stereocenters. The number of allylic oxidation sites excluding steroid dienone is 1. The number of H-pyrrole nitrogens is 1. The second-order valence-electron chi connectivity index (χ2n) is 32.9. The Morgan fingerprint density at radius 1 is 0.444 bits per heavy atom. The van der Waals surface area contributed by atoms with E-state index in [2.05, 4.69) is 15.0 Å². The summed E-state index contributed by atoms with van der Waals surface area (Å²) in [5.74, 6) is -4.32. The molecule has 696 valence electrons. The molecule has 3 aromatic rings. The standard InChI is InChI=1S/2C19H29N2O9P.C19H28NO10P.C18H27N2O10P/c2*1-11(2)28-16(22)12(3)7-9-26-31(25)27-10-14-15(30-31)19(5,24)17(29-14)21-8-6-13(4)20-18(21)23;1-11(2)28-17(23)12(3)6-8-26-31(25)27-10-14-16(30-31)19(4,24)18(29-14)20-7-5-13(21)9-15(20)22;1-10(2)28-15(22)11(3)6-8-26-31(25)27-9-12-14(30-31)18(4,24)16(29-12)20-7-5-13(21)19-17(20)23/h2*6,8,11-12,14-15,17,24H,7,9-10H2,1-5H3;5,7,11-12,14,16,18,24H,6,8-10H2,1-4H3;5,7,10-12,14,16,24H,6,8-9H2,1-4H3,(H,19,21,23)/t12?,14-,15-,17-,19-,31+;12?,14-,15-,17-,19-,31-;12?,14-,16-,18-,19-,31-;11?,12-,14-,16-,18-,31+/m1111/s1. The Morgan fingerprint density at radius 2 is 0.718 bits per heavy atom. The minimum absolute atomic E-state index is 0.0726. The predicted molar refractivity (Wildman–Crippen MR) is 424 cm³/mol. The van der Waals surface area contributed by atoms with Crippen molar-refractivity contribution >= 4 is 66.9 Å². The fraction of sp³-hybridized carbons (Fsp3) is 0.733. The Morgan fingerprint density at radius 3 is 0.992 bits per heavy atom. The molecule has 9 aliphatic heterocycles. The van der Waals surface area contributed by atoms with Gasteiger partial charge >= 0.3 is 72.2 Å². The molecular weight excluding hydrogens is 1730 g/mol. The van der Waals surface area contributed by atoms with Crippen molar-refractivity contribution in [3.05, 3.63) is 102 Å². The predicted octanol–water partition coefficient (Wildman–Crippen LogP) is 5.43. The Kier molecular flexibility index (Phi) is 33.7. The number of aromatic nitrogens is 6. The van der Waals surface area contributed by atoms with E-state index in [-0.39, 0.29) is 127 Å². The summed E-state index contributed by atoms with van der Waals surface area (Å²) in [7, 11) is -16.1. The summed E-state index contributed by atoms with van der Waals surface area (Å²) in [6.07, 6.45) is -5.84. The summed E-state index contributed by atoms with van der Waals surface area (Å²) in [5, 5.41) is 44.2. The smallest absolute Gasteiger partial charge is 0.463 e. The van der Waals surface area contributed by atoms with E-state index in [1.54, 1.807) is 109 Å². The van der Waals surface area contributed by atoms with Gasteiger partial charge in [-0.2, -0.15) is 9.97 Å². The van der Waals surface area contributed by atoms with Crippen molar-refractivity contribution in [2.24, 2.45) is 23.7 Å². The zero-order valence-corrected chi connectivity index (χ0v) is 75.6. The maximum atomic E-state index is 12.9. The average Bonchev–Trinajstić information content (AvgIpc) is 1.61. The number of ketones is 1. The number of fused-ring (bicyclic) bond motifs is 4. The van der Waals surface area contributed by atoms with E-state index in [4.69, 9.17) is 92.2 Å². The normalized spacial score (nSPS) is 34.5. The summed E-state index contributed by atoms with van der Waals surface area (Å²) in [6, 6.07) is 4.33. The number of phosphoric ester groups is 4. The van der Waals surface area contributed by atoms with Crippen molar-refractivity contribution in [2.75, 3.05) is 52.9 Å². The quantitative estimate of drug-likeness (QED) is 0.0262. The Bertz CT molecular complexity index is 4630. The third-order valence-electron chi connectivity index (χ3n) is 20.5. The maximum Gasteiger partial charge on any atom is 0.475 e. The van der Waals surface area contributed by atoms with Gasteiger partial charge in [-0.15, -0.1) is 0 Å². The summed E-state index contributed by atoms with van der Waals surface area (Å²) >= 11 is 0. The number of aliphatic hydroxyl groups is 4. The fourth-order valence-corrected chi connectivity index (χ4v) is 19.6. The lowest BCUT2D eigenvalue weighted by atomic mass is 9.95. The lowest BCUT2D eigenvalue weighted by Crippen LogP contribution is -2.55. The monoisotopic (exact) mass is 1840 g/mol. The number of amides is 1. The molecule has 45 nitrogen and oxygen atoms in total. The first-order valence-corrected chi connectivity index (χ1v) is 46.1. The number of nitrogens with zero attached hydrogens (tertiary/aromatic N) is 6. The van der Waals surface area contributed by atoms with Gasteiger partial charge in [0.2, 0.25) is 5.91 Å². The Labute approximate surface area is 713 Å². The third kappa shape index (κ3) is 25.0. The minimum Gasteiger partial charge on any atom is -0.463 e. The number of carbonyl (C=O) groups is 6. The van der Waals surface area contributed by atoms with Gasteiger partial charge in [0, 0.05) is 42.2 Å². The minimum atomic E-state index is -4.05. The molecule has 5 N–H and O–H groups in total. The third-order valence-corrected chi connectivity index (χ3v) is 26.3. The van der Waals surface area contributed by atoms with E-state index >= 15 is 0 Å². The molecule has 0 radical (unpaired) electrons. The van der Waals surface area contributed by atoms with Gasteiger partial charge in [0.15, 0.2) is 30.7 Å². The van der Waals surface area contributed by atoms with E-state index < -0.39 is 192 Å². The number of hydrogen-bond donors (Lipinski definition) is 5. The first kappa shape index (κ1) is 101. The van der Waals surface area contributed by atoms with Crippen LogP contribution >= 0.6 is 31.3 Å². The van der Waals surface area contributed by atoms with Gasteiger partial charge in [0.1, 0.15) is 71.2 Å². The topological polar surface area (TPSA) is 564 Å². The van der Waals surface area contributed by atoms with Gasteiger partial charge in [0.25, 0.3) is 5.56 Å². The number of aromatic amines is 1. The molecule has 0 bridgehead atoms. The summed E-state index contributed by atoms with van der Waals surface area (Å²) in [6.45, 7) is 28.5. The Balaban J connectivity index is 0.000000187. The first-order valence-electron chi connectivity index (χ1n) is 40.3. The highest BCUT2D eigenvalue weighted by molar-refractivity contribution is 7.49. The van der Waals surface area contributed by atoms with E-state index in [9.17, 15) is 86.6 Å². The number of rotatable bonds is 28. The molecular formula is C75H113N7O38P4. The molecule has 49 heteroatoms. The van der Waals surface area contributed by atoms with Crippen LogP contribution in [0.25, 0.3) is 0 Å². The van der Waals surface area contributed by atoms with Gasteiger partial charge in [-0.05, 0) is 141 Å². The number of esters is 4. The molecule has 1 amide bonds. The highest BCUT2D eigenvalue weighted by atomic mass is 31.2. The molecule has 0 saturated carbocycles. The van der Waals surface area contributed by atoms with Crippen LogP contribution in [0.5, 0.6) is 0 Å². The van der Waals surface area contributed by atoms with Crippen LogP contribution in [0.15, 0.2) is 68.2 Å². The van der Waals surface area contributed by atoms with Gasteiger partial charge in [-0.25, -0.2) is 32.6 Å². The van der Waals surface area contributed by atoms with Crippen LogP contribution in [0.3, 0.4) is 0 Å². The van der Waals surface area contributed by atoms with E-state index in [0.29, 0.717) is 11.4 Å². The molecule has 0 aliphatic carbocycles. The number of carbonyl (C=O) groups excluding carboxylic acids is 6. The number of phosphoric acid groups is 4. The zero-order chi connectivity index (χ0) is 91.9. The van der Waals surface area contributed by atoms with E-state index in [1.807, 2.05) is 0 Å². The summed E-state index contributed by atoms with van der Waals surface area (Å²) in [4.78, 5) is 130. The van der Waals surface area contributed by atoms with Crippen LogP contribution in [0.1, 0.15) is 173 Å². The van der Waals surface area contributed by atoms with Crippen molar-refractivity contribution in [3.8, 4) is 0 Å². The molecule has 8 saturated heterocycles. The number of ether oxygens (including phenoxy) is 8. The largest absolute Gasteiger partial charge is 0.475 e. The van der Waals surface area contributed by atoms with Gasteiger partial charge in [-0.3, -0.25) is 111 Å². The van der Waals surface area contributed by atoms with Gasteiger partial charge in [0.05, 0.1) is 107 Å². The molecule has 0 aromatic carbocycles. The van der Waals surface area contributed by atoms with Crippen LogP contribution in [0.4, 0.5) is 0 Å². The lowest BCUT2D eigenvalue weighted by Gasteiger charge is -2.37. The average molecular weight is 1840 g/mol. The molecule has 0 spiro atoms. The van der Waals surface area contributed by atoms with Gasteiger partial charge in [-0.1, -0.05) is 27.7 Å². The highest BCUT2D eigenvalue weighted by Gasteiger charge is 2.65. The molecule has 9 aliphatic rings. The number of nitrogens with one attached hydrogen (secondary N) is 1. The van der Waals surface area contributed by atoms with Gasteiger partial charge < -0.3 is 58.3 Å². The summed E-state index contributed by atoms with van der Waals surface area (Å²) < 4.78 is 163. The SMILES string of the molecule is CC(C)OC(=O)C(C)CCO[P@@]1(=O)OC[C@H]2O[C@@H](n3ccc(=O)[nH]c3=O)[C@](C)(O)[C@@H]2O1.CC(C)OC(=O)C(C)CCO[P@]1(=O)OC[C@H]2O[C@@H](N3C=CC(=O)CC3=O)[C@](C)(O)[C@@H]2O1.Cc1ccn([C@@H]2O[C@@H]3CO[P@@](=O)(OCCC(C)C(=O)OC(C)C)O[C@H]3[C@@]2(C)O)c(=O)n1.Cc1ccn([C@@H]2O[C@@H]3CO[P@](=O)(OCCC(C)C(=O)OC(C)C)O[C@H]3[C@@]2(C)O)c(=O)n1. The van der Waals surface area contributed by atoms with Crippen molar-refractivity contribution in [3.63, 3.8) is 0 Å². The number of hydrogen-bond acceptors (Lipinski definition) is 40. The first-order chi connectivity index (χ1) is 57.7. The van der Waals surface area contributed by atoms with E-state index in [1.165, 1.54) is 58.6 Å². The maximum absolute atomic E-state index is 12.9. The van der Waals surface area contributed by atoms with Crippen molar-refractivity contribution in [1.82, 2.24) is 33.6 Å². The highest BCUT2D eigenvalue weighted by Crippen LogP contribution is 2.63.